The van der Waals surface area contributed by atoms with Crippen molar-refractivity contribution in [2.24, 2.45) is 0 Å². The Balaban J connectivity index is 1.94. The highest BCUT2D eigenvalue weighted by Crippen LogP contribution is 2.15. The highest BCUT2D eigenvalue weighted by atomic mass is 32.1. The van der Waals surface area contributed by atoms with Gasteiger partial charge in [0, 0.05) is 19.7 Å². The highest BCUT2D eigenvalue weighted by molar-refractivity contribution is 7.80. The Morgan fingerprint density at radius 1 is 1.61 bits per heavy atom. The normalized spacial score (nSPS) is 18.8. The molecule has 0 amide bonds. The average Bonchev–Trinajstić information content (AvgIpc) is 3.01. The van der Waals surface area contributed by atoms with Crippen LogP contribution in [0.3, 0.4) is 0 Å². The van der Waals surface area contributed by atoms with Gasteiger partial charge >= 0.3 is 0 Å². The van der Waals surface area contributed by atoms with E-state index in [0.717, 1.165) is 43.4 Å². The fourth-order valence-electron chi connectivity index (χ4n) is 2.11. The maximum absolute atomic E-state index is 5.67. The van der Waals surface area contributed by atoms with Crippen LogP contribution in [0.5, 0.6) is 0 Å². The molecule has 1 aliphatic rings. The maximum atomic E-state index is 5.67. The molecule has 0 spiro atoms. The first kappa shape index (κ1) is 13.4. The first-order valence-electron chi connectivity index (χ1n) is 6.46. The second-order valence-corrected chi connectivity index (χ2v) is 4.82. The maximum Gasteiger partial charge on any atom is 0.169 e. The molecule has 0 radical (unpaired) electrons. The van der Waals surface area contributed by atoms with E-state index in [1.165, 1.54) is 0 Å². The minimum Gasteiger partial charge on any atom is -0.467 e. The third kappa shape index (κ3) is 3.71. The first-order chi connectivity index (χ1) is 8.79. The van der Waals surface area contributed by atoms with Crippen molar-refractivity contribution in [1.29, 1.82) is 0 Å². The molecule has 2 rings (SSSR count). The van der Waals surface area contributed by atoms with E-state index < -0.39 is 0 Å². The van der Waals surface area contributed by atoms with Gasteiger partial charge in [-0.25, -0.2) is 0 Å². The molecule has 0 unspecified atom stereocenters. The second-order valence-electron chi connectivity index (χ2n) is 4.43. The van der Waals surface area contributed by atoms with Crippen LogP contribution in [0.25, 0.3) is 0 Å². The summed E-state index contributed by atoms with van der Waals surface area (Å²) in [6, 6.07) is 3.87. The molecule has 0 aliphatic carbocycles. The van der Waals surface area contributed by atoms with Crippen LogP contribution in [0, 0.1) is 0 Å². The number of furan rings is 1. The van der Waals surface area contributed by atoms with Crippen LogP contribution in [-0.4, -0.2) is 35.8 Å². The highest BCUT2D eigenvalue weighted by Gasteiger charge is 2.21. The van der Waals surface area contributed by atoms with Crippen molar-refractivity contribution in [3.05, 3.63) is 24.2 Å². The number of rotatable bonds is 5. The summed E-state index contributed by atoms with van der Waals surface area (Å²) in [5.74, 6) is 0.924. The molecule has 4 nitrogen and oxygen atoms in total. The summed E-state index contributed by atoms with van der Waals surface area (Å²) in [6.45, 7) is 5.26. The quantitative estimate of drug-likeness (QED) is 0.828. The molecule has 1 N–H and O–H groups in total. The minimum atomic E-state index is 0.288. The number of hydrogen-bond acceptors (Lipinski definition) is 3. The molecule has 100 valence electrons. The summed E-state index contributed by atoms with van der Waals surface area (Å²) >= 11 is 5.40. The predicted molar refractivity (Wildman–Crippen MR) is 74.4 cm³/mol. The lowest BCUT2D eigenvalue weighted by Crippen LogP contribution is -2.42. The minimum absolute atomic E-state index is 0.288. The molecule has 0 saturated carbocycles. The molecule has 2 heterocycles. The Morgan fingerprint density at radius 3 is 3.11 bits per heavy atom. The molecule has 1 aliphatic heterocycles. The lowest BCUT2D eigenvalue weighted by molar-refractivity contribution is 0.0884. The summed E-state index contributed by atoms with van der Waals surface area (Å²) in [5.41, 5.74) is 0. The molecular formula is C13H20N2O2S. The van der Waals surface area contributed by atoms with Crippen LogP contribution in [0.4, 0.5) is 0 Å². The van der Waals surface area contributed by atoms with Crippen molar-refractivity contribution in [3.63, 3.8) is 0 Å². The number of ether oxygens (including phenoxy) is 1. The van der Waals surface area contributed by atoms with Crippen molar-refractivity contribution >= 4 is 17.3 Å². The molecule has 5 heteroatoms. The van der Waals surface area contributed by atoms with Gasteiger partial charge < -0.3 is 19.4 Å². The summed E-state index contributed by atoms with van der Waals surface area (Å²) in [5, 5.41) is 3.96. The standard InChI is InChI=1S/C13H20N2O2S/c1-2-14-13(18)15(9-11-5-3-7-16-11)10-12-6-4-8-17-12/h3,5,7,12H,2,4,6,8-10H2,1H3,(H,14,18)/t12-/m0/s1. The van der Waals surface area contributed by atoms with E-state index in [0.29, 0.717) is 6.54 Å². The molecule has 1 fully saturated rings. The smallest absolute Gasteiger partial charge is 0.169 e. The van der Waals surface area contributed by atoms with Crippen LogP contribution < -0.4 is 5.32 Å². The largest absolute Gasteiger partial charge is 0.467 e. The summed E-state index contributed by atoms with van der Waals surface area (Å²) in [6.07, 6.45) is 4.24. The monoisotopic (exact) mass is 268 g/mol. The van der Waals surface area contributed by atoms with E-state index in [9.17, 15) is 0 Å². The molecule has 1 aromatic heterocycles. The fraction of sp³-hybridized carbons (Fsp3) is 0.615. The van der Waals surface area contributed by atoms with Gasteiger partial charge in [0.15, 0.2) is 5.11 Å². The van der Waals surface area contributed by atoms with Crippen LogP contribution in [0.1, 0.15) is 25.5 Å². The SMILES string of the molecule is CCNC(=S)N(Cc1ccco1)C[C@@H]1CCCO1. The average molecular weight is 268 g/mol. The Hall–Kier alpha value is -1.07. The molecule has 18 heavy (non-hydrogen) atoms. The van der Waals surface area contributed by atoms with E-state index in [2.05, 4.69) is 10.2 Å². The van der Waals surface area contributed by atoms with Gasteiger partial charge in [-0.15, -0.1) is 0 Å². The van der Waals surface area contributed by atoms with E-state index in [1.54, 1.807) is 6.26 Å². The first-order valence-corrected chi connectivity index (χ1v) is 6.87. The van der Waals surface area contributed by atoms with E-state index in [4.69, 9.17) is 21.4 Å². The zero-order valence-electron chi connectivity index (χ0n) is 10.7. The lowest BCUT2D eigenvalue weighted by atomic mass is 10.2. The van der Waals surface area contributed by atoms with Crippen molar-refractivity contribution in [1.82, 2.24) is 10.2 Å². The fourth-order valence-corrected chi connectivity index (χ4v) is 2.39. The van der Waals surface area contributed by atoms with Gasteiger partial charge in [0.05, 0.1) is 18.9 Å². The third-order valence-corrected chi connectivity index (χ3v) is 3.39. The van der Waals surface area contributed by atoms with Crippen LogP contribution >= 0.6 is 12.2 Å². The molecule has 1 atom stereocenters. The zero-order valence-corrected chi connectivity index (χ0v) is 11.5. The topological polar surface area (TPSA) is 37.6 Å². The summed E-state index contributed by atoms with van der Waals surface area (Å²) < 4.78 is 11.1. The van der Waals surface area contributed by atoms with Crippen LogP contribution in [-0.2, 0) is 11.3 Å². The summed E-state index contributed by atoms with van der Waals surface area (Å²) in [7, 11) is 0. The number of nitrogens with zero attached hydrogens (tertiary/aromatic N) is 1. The number of thiocarbonyl (C=S) groups is 1. The molecule has 0 bridgehead atoms. The van der Waals surface area contributed by atoms with Crippen LogP contribution in [0.2, 0.25) is 0 Å². The Bertz CT molecular complexity index is 361. The molecule has 1 saturated heterocycles. The molecule has 0 aromatic carbocycles. The van der Waals surface area contributed by atoms with Crippen LogP contribution in [0.15, 0.2) is 22.8 Å². The van der Waals surface area contributed by atoms with E-state index in [-0.39, 0.29) is 6.10 Å². The molecule has 1 aromatic rings. The Kier molecular flexibility index (Phi) is 5.01. The van der Waals surface area contributed by atoms with Crippen molar-refractivity contribution in [2.75, 3.05) is 19.7 Å². The van der Waals surface area contributed by atoms with Crippen molar-refractivity contribution in [2.45, 2.75) is 32.4 Å². The van der Waals surface area contributed by atoms with Crippen molar-refractivity contribution < 1.29 is 9.15 Å². The van der Waals surface area contributed by atoms with Gasteiger partial charge in [-0.05, 0) is 44.1 Å². The number of nitrogens with one attached hydrogen (secondary N) is 1. The van der Waals surface area contributed by atoms with Gasteiger partial charge in [-0.2, -0.15) is 0 Å². The third-order valence-electron chi connectivity index (χ3n) is 2.99. The second kappa shape index (κ2) is 6.75. The van der Waals surface area contributed by atoms with Gasteiger partial charge in [0.2, 0.25) is 0 Å². The Morgan fingerprint density at radius 2 is 2.50 bits per heavy atom. The summed E-state index contributed by atoms with van der Waals surface area (Å²) in [4.78, 5) is 2.12. The number of hydrogen-bond donors (Lipinski definition) is 1. The van der Waals surface area contributed by atoms with E-state index >= 15 is 0 Å². The van der Waals surface area contributed by atoms with Gasteiger partial charge in [-0.3, -0.25) is 0 Å². The van der Waals surface area contributed by atoms with Gasteiger partial charge in [0.25, 0.3) is 0 Å². The predicted octanol–water partition coefficient (Wildman–Crippen LogP) is 2.16. The Labute approximate surface area is 113 Å². The molecular weight excluding hydrogens is 248 g/mol. The van der Waals surface area contributed by atoms with Gasteiger partial charge in [-0.1, -0.05) is 0 Å². The van der Waals surface area contributed by atoms with Crippen molar-refractivity contribution in [3.8, 4) is 0 Å². The lowest BCUT2D eigenvalue weighted by Gasteiger charge is -2.27. The van der Waals surface area contributed by atoms with E-state index in [1.807, 2.05) is 19.1 Å². The zero-order chi connectivity index (χ0) is 12.8. The van der Waals surface area contributed by atoms with Gasteiger partial charge in [0.1, 0.15) is 5.76 Å².